The number of benzene rings is 2. The van der Waals surface area contributed by atoms with Crippen LogP contribution < -0.4 is 15.0 Å². The first-order valence-corrected chi connectivity index (χ1v) is 8.74. The zero-order chi connectivity index (χ0) is 21.1. The molecule has 0 saturated carbocycles. The van der Waals surface area contributed by atoms with Gasteiger partial charge in [0.25, 0.3) is 11.8 Å². The number of amides is 4. The molecule has 148 valence electrons. The second kappa shape index (κ2) is 7.97. The minimum atomic E-state index is -1.10. The Morgan fingerprint density at radius 2 is 1.83 bits per heavy atom. The Morgan fingerprint density at radius 1 is 1.14 bits per heavy atom. The van der Waals surface area contributed by atoms with Crippen molar-refractivity contribution < 1.29 is 29.0 Å². The molecule has 0 spiro atoms. The number of aliphatic carboxylic acids is 1. The van der Waals surface area contributed by atoms with Gasteiger partial charge in [-0.2, -0.15) is 0 Å². The van der Waals surface area contributed by atoms with E-state index in [2.05, 4.69) is 5.32 Å². The van der Waals surface area contributed by atoms with Gasteiger partial charge in [0, 0.05) is 0 Å². The highest BCUT2D eigenvalue weighted by Crippen LogP contribution is 2.23. The molecule has 2 N–H and O–H groups in total. The van der Waals surface area contributed by atoms with Crippen LogP contribution in [0.15, 0.2) is 54.1 Å². The molecule has 2 aromatic carbocycles. The van der Waals surface area contributed by atoms with Crippen LogP contribution in [0.4, 0.5) is 10.5 Å². The van der Waals surface area contributed by atoms with Gasteiger partial charge in [0.2, 0.25) is 0 Å². The quantitative estimate of drug-likeness (QED) is 0.595. The lowest BCUT2D eigenvalue weighted by Gasteiger charge is -2.26. The van der Waals surface area contributed by atoms with Crippen LogP contribution in [0.25, 0.3) is 6.08 Å². The summed E-state index contributed by atoms with van der Waals surface area (Å²) in [6.45, 7) is 3.23. The number of ether oxygens (including phenoxy) is 1. The van der Waals surface area contributed by atoms with E-state index in [9.17, 15) is 19.2 Å². The highest BCUT2D eigenvalue weighted by atomic mass is 16.5. The summed E-state index contributed by atoms with van der Waals surface area (Å²) >= 11 is 0. The second-order valence-corrected chi connectivity index (χ2v) is 6.46. The fourth-order valence-electron chi connectivity index (χ4n) is 2.72. The molecule has 1 aliphatic rings. The fraction of sp³-hybridized carbons (Fsp3) is 0.143. The Morgan fingerprint density at radius 3 is 2.45 bits per heavy atom. The van der Waals surface area contributed by atoms with Crippen LogP contribution in [0.1, 0.15) is 18.1 Å². The number of carboxylic acids is 1. The maximum atomic E-state index is 12.8. The van der Waals surface area contributed by atoms with Crippen molar-refractivity contribution in [2.45, 2.75) is 20.0 Å². The van der Waals surface area contributed by atoms with E-state index in [1.54, 1.807) is 30.3 Å². The average molecular weight is 394 g/mol. The van der Waals surface area contributed by atoms with E-state index >= 15 is 0 Å². The number of aryl methyl sites for hydroxylation is 1. The Kier molecular flexibility index (Phi) is 5.45. The van der Waals surface area contributed by atoms with Crippen LogP contribution >= 0.6 is 0 Å². The predicted octanol–water partition coefficient (Wildman–Crippen LogP) is 2.51. The van der Waals surface area contributed by atoms with Gasteiger partial charge in [-0.05, 0) is 55.3 Å². The first-order chi connectivity index (χ1) is 13.8. The maximum Gasteiger partial charge on any atom is 0.344 e. The van der Waals surface area contributed by atoms with Crippen LogP contribution in [0.5, 0.6) is 5.75 Å². The molecule has 0 bridgehead atoms. The largest absolute Gasteiger partial charge is 0.479 e. The molecule has 1 fully saturated rings. The van der Waals surface area contributed by atoms with Gasteiger partial charge in [0.15, 0.2) is 6.10 Å². The number of rotatable bonds is 5. The molecular formula is C21H18N2O6. The van der Waals surface area contributed by atoms with Crippen LogP contribution in [0, 0.1) is 6.92 Å². The normalized spacial score (nSPS) is 16.6. The van der Waals surface area contributed by atoms with E-state index in [1.165, 1.54) is 25.1 Å². The van der Waals surface area contributed by atoms with Gasteiger partial charge in [-0.25, -0.2) is 14.5 Å². The van der Waals surface area contributed by atoms with Gasteiger partial charge in [0.1, 0.15) is 11.3 Å². The van der Waals surface area contributed by atoms with Crippen LogP contribution in [0.3, 0.4) is 0 Å². The molecule has 1 saturated heterocycles. The summed E-state index contributed by atoms with van der Waals surface area (Å²) in [6, 6.07) is 12.2. The van der Waals surface area contributed by atoms with Gasteiger partial charge < -0.3 is 9.84 Å². The zero-order valence-corrected chi connectivity index (χ0v) is 15.7. The molecule has 3 rings (SSSR count). The number of carboxylic acid groups (broad SMARTS) is 1. The molecule has 1 atom stereocenters. The number of carbonyl (C=O) groups excluding carboxylic acids is 3. The van der Waals surface area contributed by atoms with E-state index in [4.69, 9.17) is 9.84 Å². The Labute approximate surface area is 166 Å². The number of urea groups is 1. The first kappa shape index (κ1) is 19.8. The lowest BCUT2D eigenvalue weighted by Crippen LogP contribution is -2.54. The van der Waals surface area contributed by atoms with Crippen LogP contribution in [-0.4, -0.2) is 35.0 Å². The third-order valence-corrected chi connectivity index (χ3v) is 4.21. The molecule has 0 aromatic heterocycles. The lowest BCUT2D eigenvalue weighted by molar-refractivity contribution is -0.144. The highest BCUT2D eigenvalue weighted by molar-refractivity contribution is 6.39. The molecule has 29 heavy (non-hydrogen) atoms. The molecule has 8 nitrogen and oxygen atoms in total. The number of nitrogens with zero attached hydrogens (tertiary/aromatic N) is 1. The maximum absolute atomic E-state index is 12.8. The number of hydrogen-bond acceptors (Lipinski definition) is 5. The van der Waals surface area contributed by atoms with Crippen molar-refractivity contribution in [1.29, 1.82) is 0 Å². The molecule has 8 heteroatoms. The summed E-state index contributed by atoms with van der Waals surface area (Å²) in [5.41, 5.74) is 1.53. The molecule has 4 amide bonds. The summed E-state index contributed by atoms with van der Waals surface area (Å²) in [7, 11) is 0. The highest BCUT2D eigenvalue weighted by Gasteiger charge is 2.36. The number of nitrogens with one attached hydrogen (secondary N) is 1. The van der Waals surface area contributed by atoms with E-state index in [0.29, 0.717) is 17.0 Å². The Balaban J connectivity index is 1.87. The topological polar surface area (TPSA) is 113 Å². The second-order valence-electron chi connectivity index (χ2n) is 6.46. The Hall–Kier alpha value is -3.94. The lowest BCUT2D eigenvalue weighted by atomic mass is 10.1. The van der Waals surface area contributed by atoms with E-state index in [1.807, 2.05) is 13.0 Å². The fourth-order valence-corrected chi connectivity index (χ4v) is 2.72. The van der Waals surface area contributed by atoms with Crippen molar-refractivity contribution in [3.8, 4) is 5.75 Å². The van der Waals surface area contributed by atoms with Gasteiger partial charge in [-0.3, -0.25) is 14.9 Å². The number of anilines is 1. The minimum absolute atomic E-state index is 0.196. The minimum Gasteiger partial charge on any atom is -0.479 e. The number of carbonyl (C=O) groups is 4. The molecule has 0 radical (unpaired) electrons. The third-order valence-electron chi connectivity index (χ3n) is 4.21. The van der Waals surface area contributed by atoms with Crippen molar-refractivity contribution in [2.24, 2.45) is 0 Å². The standard InChI is InChI=1S/C21H18N2O6/c1-12-4-3-5-15(10-12)23-19(25)17(18(24)22-21(23)28)11-14-6-8-16(9-7-14)29-13(2)20(26)27/h3-11,13H,1-2H3,(H,26,27)(H,22,24,28). The Bertz CT molecular complexity index is 1030. The summed E-state index contributed by atoms with van der Waals surface area (Å²) in [6.07, 6.45) is 0.343. The number of hydrogen-bond donors (Lipinski definition) is 2. The smallest absolute Gasteiger partial charge is 0.344 e. The SMILES string of the molecule is Cc1cccc(N2C(=O)NC(=O)C(=Cc3ccc(OC(C)C(=O)O)cc3)C2=O)c1. The van der Waals surface area contributed by atoms with Crippen molar-refractivity contribution >= 4 is 35.6 Å². The van der Waals surface area contributed by atoms with Gasteiger partial charge in [-0.1, -0.05) is 24.3 Å². The molecule has 0 aliphatic carbocycles. The van der Waals surface area contributed by atoms with Crippen molar-refractivity contribution in [3.05, 3.63) is 65.2 Å². The molecule has 1 heterocycles. The summed E-state index contributed by atoms with van der Waals surface area (Å²) < 4.78 is 5.24. The van der Waals surface area contributed by atoms with Gasteiger partial charge in [-0.15, -0.1) is 0 Å². The monoisotopic (exact) mass is 394 g/mol. The predicted molar refractivity (Wildman–Crippen MR) is 104 cm³/mol. The zero-order valence-electron chi connectivity index (χ0n) is 15.7. The molecular weight excluding hydrogens is 376 g/mol. The van der Waals surface area contributed by atoms with Crippen LogP contribution in [-0.2, 0) is 14.4 Å². The summed E-state index contributed by atoms with van der Waals surface area (Å²) in [5.74, 6) is -2.28. The summed E-state index contributed by atoms with van der Waals surface area (Å²) in [5, 5.41) is 11.0. The van der Waals surface area contributed by atoms with Crippen molar-refractivity contribution in [1.82, 2.24) is 5.32 Å². The van der Waals surface area contributed by atoms with Gasteiger partial charge in [0.05, 0.1) is 5.69 Å². The van der Waals surface area contributed by atoms with E-state index in [0.717, 1.165) is 10.5 Å². The number of barbiturate groups is 1. The van der Waals surface area contributed by atoms with Crippen molar-refractivity contribution in [3.63, 3.8) is 0 Å². The van der Waals surface area contributed by atoms with Crippen LogP contribution in [0.2, 0.25) is 0 Å². The third kappa shape index (κ3) is 4.32. The first-order valence-electron chi connectivity index (χ1n) is 8.74. The summed E-state index contributed by atoms with van der Waals surface area (Å²) in [4.78, 5) is 49.0. The molecule has 1 unspecified atom stereocenters. The molecule has 2 aromatic rings. The van der Waals surface area contributed by atoms with Gasteiger partial charge >= 0.3 is 12.0 Å². The molecule has 1 aliphatic heterocycles. The van der Waals surface area contributed by atoms with E-state index in [-0.39, 0.29) is 5.57 Å². The number of imide groups is 2. The van der Waals surface area contributed by atoms with Crippen molar-refractivity contribution in [2.75, 3.05) is 4.90 Å². The average Bonchev–Trinajstić information content (AvgIpc) is 2.66. The van der Waals surface area contributed by atoms with E-state index < -0.39 is 29.9 Å².